The number of hydrogen-bond acceptors (Lipinski definition) is 6. The fourth-order valence-electron chi connectivity index (χ4n) is 5.35. The van der Waals surface area contributed by atoms with E-state index in [9.17, 15) is 22.8 Å². The Labute approximate surface area is 251 Å². The van der Waals surface area contributed by atoms with Crippen LogP contribution in [0.4, 0.5) is 13.2 Å². The highest BCUT2D eigenvalue weighted by atomic mass is 35.5. The minimum Gasteiger partial charge on any atom is -0.486 e. The number of halogens is 5. The van der Waals surface area contributed by atoms with Gasteiger partial charge in [0, 0.05) is 54.6 Å². The SMILES string of the molecule is COCC[C@@H]([C@@H]1C[C@H]1C(=O)NC1CC(C)(C)Oc2c(Cl)cc(Cl)cc21)N1C(=N)NC(C)(C)CC1=O.O=C(O)C(F)(F)F. The van der Waals surface area contributed by atoms with E-state index in [1.165, 1.54) is 4.90 Å². The van der Waals surface area contributed by atoms with Crippen LogP contribution in [0.2, 0.25) is 10.0 Å². The Morgan fingerprint density at radius 1 is 1.29 bits per heavy atom. The maximum atomic E-state index is 13.4. The quantitative estimate of drug-likeness (QED) is 0.332. The molecule has 1 aromatic carbocycles. The first-order valence-electron chi connectivity index (χ1n) is 13.2. The topological polar surface area (TPSA) is 141 Å². The molecule has 1 aliphatic carbocycles. The molecular weight excluding hydrogens is 604 g/mol. The number of guanidine groups is 1. The van der Waals surface area contributed by atoms with Crippen molar-refractivity contribution >= 4 is 46.9 Å². The Morgan fingerprint density at radius 2 is 1.90 bits per heavy atom. The van der Waals surface area contributed by atoms with Crippen LogP contribution in [0.3, 0.4) is 0 Å². The lowest BCUT2D eigenvalue weighted by molar-refractivity contribution is -0.192. The summed E-state index contributed by atoms with van der Waals surface area (Å²) in [5, 5.41) is 22.8. The van der Waals surface area contributed by atoms with Gasteiger partial charge >= 0.3 is 12.1 Å². The van der Waals surface area contributed by atoms with Gasteiger partial charge in [-0.15, -0.1) is 0 Å². The Bertz CT molecular complexity index is 1220. The Morgan fingerprint density at radius 3 is 2.45 bits per heavy atom. The van der Waals surface area contributed by atoms with Crippen molar-refractivity contribution < 1.29 is 42.1 Å². The van der Waals surface area contributed by atoms with Gasteiger partial charge in [0.25, 0.3) is 0 Å². The smallest absolute Gasteiger partial charge is 0.486 e. The van der Waals surface area contributed by atoms with E-state index < -0.39 is 23.3 Å². The van der Waals surface area contributed by atoms with E-state index in [1.807, 2.05) is 27.7 Å². The van der Waals surface area contributed by atoms with Crippen molar-refractivity contribution in [2.45, 2.75) is 82.8 Å². The van der Waals surface area contributed by atoms with Gasteiger partial charge in [-0.2, -0.15) is 13.2 Å². The molecule has 4 N–H and O–H groups in total. The zero-order chi connectivity index (χ0) is 31.8. The lowest BCUT2D eigenvalue weighted by Gasteiger charge is -2.42. The van der Waals surface area contributed by atoms with Gasteiger partial charge in [-0.1, -0.05) is 23.2 Å². The van der Waals surface area contributed by atoms with Gasteiger partial charge in [0.15, 0.2) is 5.96 Å². The number of methoxy groups -OCH3 is 1. The Kier molecular flexibility index (Phi) is 10.0. The normalized spacial score (nSPS) is 24.7. The number of aliphatic carboxylic acids is 1. The van der Waals surface area contributed by atoms with Crippen molar-refractivity contribution in [3.05, 3.63) is 27.7 Å². The summed E-state index contributed by atoms with van der Waals surface area (Å²) in [4.78, 5) is 36.8. The highest BCUT2D eigenvalue weighted by Crippen LogP contribution is 2.48. The molecule has 4 rings (SSSR count). The average molecular weight is 639 g/mol. The highest BCUT2D eigenvalue weighted by molar-refractivity contribution is 6.35. The molecule has 0 spiro atoms. The van der Waals surface area contributed by atoms with Crippen molar-refractivity contribution in [3.63, 3.8) is 0 Å². The molecule has 0 bridgehead atoms. The molecule has 0 radical (unpaired) electrons. The van der Waals surface area contributed by atoms with E-state index in [4.69, 9.17) is 48.0 Å². The number of carboxylic acids is 1. The second-order valence-electron chi connectivity index (χ2n) is 11.9. The molecule has 1 saturated carbocycles. The molecule has 2 heterocycles. The minimum absolute atomic E-state index is 0.0484. The van der Waals surface area contributed by atoms with Gasteiger partial charge < -0.3 is 25.2 Å². The molecule has 2 fully saturated rings. The number of alkyl halides is 3. The third kappa shape index (κ3) is 8.19. The van der Waals surface area contributed by atoms with Gasteiger partial charge in [-0.25, -0.2) is 4.79 Å². The van der Waals surface area contributed by atoms with E-state index in [1.54, 1.807) is 19.2 Å². The van der Waals surface area contributed by atoms with Gasteiger partial charge in [-0.3, -0.25) is 19.9 Å². The highest BCUT2D eigenvalue weighted by Gasteiger charge is 2.53. The molecule has 234 valence electrons. The summed E-state index contributed by atoms with van der Waals surface area (Å²) in [5.41, 5.74) is -0.217. The van der Waals surface area contributed by atoms with Crippen LogP contribution >= 0.6 is 23.2 Å². The Balaban J connectivity index is 0.000000616. The number of nitrogens with zero attached hydrogens (tertiary/aromatic N) is 1. The van der Waals surface area contributed by atoms with E-state index >= 15 is 0 Å². The maximum absolute atomic E-state index is 13.4. The summed E-state index contributed by atoms with van der Waals surface area (Å²) in [6.45, 7) is 8.17. The number of rotatable bonds is 7. The molecule has 1 unspecified atom stereocenters. The summed E-state index contributed by atoms with van der Waals surface area (Å²) in [6.07, 6.45) is -3.02. The molecule has 1 saturated heterocycles. The lowest BCUT2D eigenvalue weighted by Crippen LogP contribution is -2.63. The number of carbonyl (C=O) groups is 3. The van der Waals surface area contributed by atoms with Gasteiger partial charge in [0.1, 0.15) is 11.4 Å². The second kappa shape index (κ2) is 12.5. The summed E-state index contributed by atoms with van der Waals surface area (Å²) in [5.74, 6) is -2.61. The fraction of sp³-hybridized carbons (Fsp3) is 0.630. The second-order valence-corrected chi connectivity index (χ2v) is 12.7. The largest absolute Gasteiger partial charge is 0.490 e. The minimum atomic E-state index is -5.08. The van der Waals surface area contributed by atoms with E-state index in [-0.39, 0.29) is 48.1 Å². The van der Waals surface area contributed by atoms with Crippen molar-refractivity contribution in [2.75, 3.05) is 13.7 Å². The first-order chi connectivity index (χ1) is 19.3. The van der Waals surface area contributed by atoms with Crippen LogP contribution in [-0.2, 0) is 19.1 Å². The number of amides is 2. The molecule has 2 amide bonds. The molecule has 3 aliphatic rings. The number of benzene rings is 1. The molecule has 15 heteroatoms. The van der Waals surface area contributed by atoms with Gasteiger partial charge in [0.05, 0.1) is 11.1 Å². The van der Waals surface area contributed by atoms with Crippen LogP contribution in [-0.4, -0.2) is 70.8 Å². The average Bonchev–Trinajstić information content (AvgIpc) is 3.61. The summed E-state index contributed by atoms with van der Waals surface area (Å²) in [6, 6.07) is 2.85. The van der Waals surface area contributed by atoms with Crippen LogP contribution in [0.15, 0.2) is 12.1 Å². The van der Waals surface area contributed by atoms with Crippen LogP contribution in [0.1, 0.15) is 65.0 Å². The zero-order valence-electron chi connectivity index (χ0n) is 23.8. The summed E-state index contributed by atoms with van der Waals surface area (Å²) in [7, 11) is 1.61. The standard InChI is InChI=1S/C25H34Cl2N4O4.C2HF3O2/c1-24(2)12-20(32)31(23(28)30-24)19(6-7-34-5)14-10-15(14)22(33)29-18-11-25(3,4)35-21-16(18)8-13(26)9-17(21)27;3-2(4,5)1(6)7/h8-9,14-15,18-19H,6-7,10-12H2,1-5H3,(H2,28,30)(H,29,33);(H,6,7)/t14-,15-,18?,19+;/m1./s1. The predicted octanol–water partition coefficient (Wildman–Crippen LogP) is 4.92. The fourth-order valence-corrected chi connectivity index (χ4v) is 5.90. The Hall–Kier alpha value is -2.77. The number of fused-ring (bicyclic) bond motifs is 1. The molecule has 2 aliphatic heterocycles. The third-order valence-electron chi connectivity index (χ3n) is 7.23. The van der Waals surface area contributed by atoms with Crippen LogP contribution in [0.5, 0.6) is 5.75 Å². The molecule has 4 atom stereocenters. The summed E-state index contributed by atoms with van der Waals surface area (Å²) < 4.78 is 43.1. The number of ether oxygens (including phenoxy) is 2. The van der Waals surface area contributed by atoms with Gasteiger partial charge in [0.2, 0.25) is 11.8 Å². The van der Waals surface area contributed by atoms with Crippen molar-refractivity contribution in [1.82, 2.24) is 15.5 Å². The van der Waals surface area contributed by atoms with Crippen LogP contribution in [0, 0.1) is 17.2 Å². The summed E-state index contributed by atoms with van der Waals surface area (Å²) >= 11 is 12.6. The van der Waals surface area contributed by atoms with Crippen molar-refractivity contribution in [3.8, 4) is 5.75 Å². The predicted molar refractivity (Wildman–Crippen MR) is 149 cm³/mol. The van der Waals surface area contributed by atoms with Crippen LogP contribution < -0.4 is 15.4 Å². The van der Waals surface area contributed by atoms with Gasteiger partial charge in [-0.05, 0) is 58.6 Å². The molecular formula is C27H35Cl2F3N4O6. The first kappa shape index (κ1) is 33.7. The molecule has 10 nitrogen and oxygen atoms in total. The van der Waals surface area contributed by atoms with E-state index in [0.29, 0.717) is 41.7 Å². The van der Waals surface area contributed by atoms with E-state index in [0.717, 1.165) is 5.56 Å². The number of hydrogen-bond donors (Lipinski definition) is 4. The monoisotopic (exact) mass is 638 g/mol. The van der Waals surface area contributed by atoms with Crippen molar-refractivity contribution in [2.24, 2.45) is 11.8 Å². The zero-order valence-corrected chi connectivity index (χ0v) is 25.3. The number of carboxylic acid groups (broad SMARTS) is 1. The lowest BCUT2D eigenvalue weighted by atomic mass is 9.89. The number of carbonyl (C=O) groups excluding carboxylic acids is 2. The number of nitrogens with one attached hydrogen (secondary N) is 3. The molecule has 42 heavy (non-hydrogen) atoms. The maximum Gasteiger partial charge on any atom is 0.490 e. The molecule has 1 aromatic rings. The molecule has 0 aromatic heterocycles. The van der Waals surface area contributed by atoms with Crippen molar-refractivity contribution in [1.29, 1.82) is 5.41 Å². The third-order valence-corrected chi connectivity index (χ3v) is 7.72. The van der Waals surface area contributed by atoms with E-state index in [2.05, 4.69) is 10.6 Å². The van der Waals surface area contributed by atoms with Crippen LogP contribution in [0.25, 0.3) is 0 Å². The first-order valence-corrected chi connectivity index (χ1v) is 14.0.